The number of nitrogens with one attached hydrogen (secondary N) is 1. The number of rotatable bonds is 7. The molecule has 2 atom stereocenters. The van der Waals surface area contributed by atoms with E-state index in [4.69, 9.17) is 0 Å². The number of unbranched alkanes of at least 4 members (excludes halogenated alkanes) is 1. The minimum absolute atomic E-state index is 0.131. The van der Waals surface area contributed by atoms with E-state index in [0.29, 0.717) is 12.6 Å². The van der Waals surface area contributed by atoms with Crippen molar-refractivity contribution in [2.45, 2.75) is 70.9 Å². The van der Waals surface area contributed by atoms with Crippen LogP contribution in [-0.4, -0.2) is 47.7 Å². The van der Waals surface area contributed by atoms with Crippen LogP contribution in [0.1, 0.15) is 58.8 Å². The normalized spacial score (nSPS) is 22.8. The van der Waals surface area contributed by atoms with Crippen LogP contribution in [0.25, 0.3) is 0 Å². The number of aliphatic hydroxyl groups is 1. The quantitative estimate of drug-likeness (QED) is 0.695. The molecule has 4 heteroatoms. The van der Waals surface area contributed by atoms with E-state index in [-0.39, 0.29) is 12.0 Å². The fourth-order valence-corrected chi connectivity index (χ4v) is 2.75. The van der Waals surface area contributed by atoms with Crippen molar-refractivity contribution in [3.63, 3.8) is 0 Å². The summed E-state index contributed by atoms with van der Waals surface area (Å²) in [5.74, 6) is 0.131. The zero-order valence-corrected chi connectivity index (χ0v) is 12.5. The summed E-state index contributed by atoms with van der Waals surface area (Å²) < 4.78 is 0. The maximum Gasteiger partial charge on any atom is 0.234 e. The van der Waals surface area contributed by atoms with Crippen LogP contribution >= 0.6 is 0 Å². The number of aliphatic hydroxyl groups excluding tert-OH is 1. The molecule has 1 aliphatic rings. The monoisotopic (exact) mass is 270 g/mol. The molecule has 0 spiro atoms. The summed E-state index contributed by atoms with van der Waals surface area (Å²) in [7, 11) is 0. The van der Waals surface area contributed by atoms with Crippen molar-refractivity contribution < 1.29 is 9.90 Å². The lowest BCUT2D eigenvalue weighted by Gasteiger charge is -2.30. The van der Waals surface area contributed by atoms with Gasteiger partial charge in [-0.15, -0.1) is 0 Å². The van der Waals surface area contributed by atoms with Gasteiger partial charge in [-0.05, 0) is 39.2 Å². The number of nitrogens with zero attached hydrogens (tertiary/aromatic N) is 1. The van der Waals surface area contributed by atoms with Gasteiger partial charge in [-0.1, -0.05) is 26.2 Å². The van der Waals surface area contributed by atoms with Gasteiger partial charge >= 0.3 is 0 Å². The molecule has 4 nitrogen and oxygen atoms in total. The maximum atomic E-state index is 11.9. The summed E-state index contributed by atoms with van der Waals surface area (Å²) in [6, 6.07) is 0.361. The predicted octanol–water partition coefficient (Wildman–Crippen LogP) is 1.92. The maximum absolute atomic E-state index is 11.9. The standard InChI is InChI=1S/C15H30N2O2/c1-3-4-9-16-15(19)12-17-10-7-5-6-8-14(17)11-13(2)18/h13-14,18H,3-12H2,1-2H3,(H,16,19). The van der Waals surface area contributed by atoms with E-state index in [1.165, 1.54) is 19.3 Å². The molecule has 0 bridgehead atoms. The summed E-state index contributed by atoms with van der Waals surface area (Å²) >= 11 is 0. The van der Waals surface area contributed by atoms with Gasteiger partial charge in [0.15, 0.2) is 0 Å². The highest BCUT2D eigenvalue weighted by atomic mass is 16.3. The molecule has 0 radical (unpaired) electrons. The van der Waals surface area contributed by atoms with Crippen molar-refractivity contribution in [1.29, 1.82) is 0 Å². The highest BCUT2D eigenvalue weighted by molar-refractivity contribution is 5.78. The Morgan fingerprint density at radius 1 is 1.42 bits per heavy atom. The van der Waals surface area contributed by atoms with Gasteiger partial charge in [0.2, 0.25) is 5.91 Å². The third kappa shape index (κ3) is 6.92. The second kappa shape index (κ2) is 9.32. The van der Waals surface area contributed by atoms with Crippen LogP contribution in [0, 0.1) is 0 Å². The van der Waals surface area contributed by atoms with Gasteiger partial charge in [0, 0.05) is 12.6 Å². The van der Waals surface area contributed by atoms with Crippen molar-refractivity contribution in [3.05, 3.63) is 0 Å². The number of likely N-dealkylation sites (tertiary alicyclic amines) is 1. The van der Waals surface area contributed by atoms with Crippen molar-refractivity contribution in [3.8, 4) is 0 Å². The molecule has 1 aliphatic heterocycles. The van der Waals surface area contributed by atoms with E-state index in [0.717, 1.165) is 38.8 Å². The summed E-state index contributed by atoms with van der Waals surface area (Å²) in [6.45, 7) is 6.22. The highest BCUT2D eigenvalue weighted by Gasteiger charge is 2.23. The van der Waals surface area contributed by atoms with Crippen LogP contribution in [0.3, 0.4) is 0 Å². The summed E-state index contributed by atoms with van der Waals surface area (Å²) in [5.41, 5.74) is 0. The van der Waals surface area contributed by atoms with E-state index in [1.807, 2.05) is 6.92 Å². The molecule has 0 saturated carbocycles. The highest BCUT2D eigenvalue weighted by Crippen LogP contribution is 2.20. The van der Waals surface area contributed by atoms with Crippen molar-refractivity contribution in [2.75, 3.05) is 19.6 Å². The third-order valence-electron chi connectivity index (χ3n) is 3.81. The van der Waals surface area contributed by atoms with Gasteiger partial charge in [0.05, 0.1) is 12.6 Å². The molecule has 1 saturated heterocycles. The first-order valence-electron chi connectivity index (χ1n) is 7.82. The molecule has 0 aromatic carbocycles. The molecule has 112 valence electrons. The molecule has 0 aliphatic carbocycles. The molecular formula is C15H30N2O2. The molecule has 1 heterocycles. The number of amides is 1. The Morgan fingerprint density at radius 3 is 2.89 bits per heavy atom. The van der Waals surface area contributed by atoms with Gasteiger partial charge in [-0.3, -0.25) is 9.69 Å². The molecular weight excluding hydrogens is 240 g/mol. The summed E-state index contributed by atoms with van der Waals surface area (Å²) in [5, 5.41) is 12.6. The number of hydrogen-bond donors (Lipinski definition) is 2. The molecule has 1 amide bonds. The van der Waals surface area contributed by atoms with Crippen LogP contribution in [0.5, 0.6) is 0 Å². The van der Waals surface area contributed by atoms with Crippen LogP contribution in [0.4, 0.5) is 0 Å². The largest absolute Gasteiger partial charge is 0.393 e. The van der Waals surface area contributed by atoms with Crippen LogP contribution in [-0.2, 0) is 4.79 Å². The van der Waals surface area contributed by atoms with Crippen LogP contribution in [0.15, 0.2) is 0 Å². The van der Waals surface area contributed by atoms with Crippen LogP contribution in [0.2, 0.25) is 0 Å². The van der Waals surface area contributed by atoms with Crippen LogP contribution < -0.4 is 5.32 Å². The zero-order valence-electron chi connectivity index (χ0n) is 12.5. The predicted molar refractivity (Wildman–Crippen MR) is 78.0 cm³/mol. The Kier molecular flexibility index (Phi) is 8.07. The minimum atomic E-state index is -0.284. The number of hydrogen-bond acceptors (Lipinski definition) is 3. The number of carbonyl (C=O) groups excluding carboxylic acids is 1. The van der Waals surface area contributed by atoms with Gasteiger partial charge < -0.3 is 10.4 Å². The SMILES string of the molecule is CCCCNC(=O)CN1CCCCCC1CC(C)O. The second-order valence-electron chi connectivity index (χ2n) is 5.76. The van der Waals surface area contributed by atoms with E-state index in [2.05, 4.69) is 17.1 Å². The first-order chi connectivity index (χ1) is 9.13. The summed E-state index contributed by atoms with van der Waals surface area (Å²) in [6.07, 6.45) is 7.37. The molecule has 1 rings (SSSR count). The van der Waals surface area contributed by atoms with E-state index < -0.39 is 0 Å². The first kappa shape index (κ1) is 16.4. The smallest absolute Gasteiger partial charge is 0.234 e. The van der Waals surface area contributed by atoms with Crippen molar-refractivity contribution >= 4 is 5.91 Å². The van der Waals surface area contributed by atoms with Gasteiger partial charge in [-0.25, -0.2) is 0 Å². The lowest BCUT2D eigenvalue weighted by molar-refractivity contribution is -0.123. The average molecular weight is 270 g/mol. The van der Waals surface area contributed by atoms with E-state index >= 15 is 0 Å². The fraction of sp³-hybridized carbons (Fsp3) is 0.933. The van der Waals surface area contributed by atoms with E-state index in [9.17, 15) is 9.90 Å². The molecule has 2 N–H and O–H groups in total. The van der Waals surface area contributed by atoms with Gasteiger partial charge in [-0.2, -0.15) is 0 Å². The van der Waals surface area contributed by atoms with Gasteiger partial charge in [0.1, 0.15) is 0 Å². The third-order valence-corrected chi connectivity index (χ3v) is 3.81. The lowest BCUT2D eigenvalue weighted by Crippen LogP contribution is -2.44. The van der Waals surface area contributed by atoms with Gasteiger partial charge in [0.25, 0.3) is 0 Å². The molecule has 0 aromatic rings. The topological polar surface area (TPSA) is 52.6 Å². The Hall–Kier alpha value is -0.610. The van der Waals surface area contributed by atoms with Crippen molar-refractivity contribution in [2.24, 2.45) is 0 Å². The molecule has 0 aromatic heterocycles. The lowest BCUT2D eigenvalue weighted by atomic mass is 10.0. The van der Waals surface area contributed by atoms with E-state index in [1.54, 1.807) is 0 Å². The minimum Gasteiger partial charge on any atom is -0.393 e. The Balaban J connectivity index is 2.42. The molecule has 19 heavy (non-hydrogen) atoms. The fourth-order valence-electron chi connectivity index (χ4n) is 2.75. The Labute approximate surface area is 117 Å². The Bertz CT molecular complexity index is 257. The van der Waals surface area contributed by atoms with Crippen molar-refractivity contribution in [1.82, 2.24) is 10.2 Å². The zero-order chi connectivity index (χ0) is 14.1. The first-order valence-corrected chi connectivity index (χ1v) is 7.82. The second-order valence-corrected chi connectivity index (χ2v) is 5.76. The number of carbonyl (C=O) groups is 1. The summed E-state index contributed by atoms with van der Waals surface area (Å²) in [4.78, 5) is 14.2. The molecule has 2 unspecified atom stereocenters. The molecule has 1 fully saturated rings. The average Bonchev–Trinajstić information content (AvgIpc) is 2.55. The Morgan fingerprint density at radius 2 is 2.21 bits per heavy atom.